The molecule has 2 aliphatic carbocycles. The van der Waals surface area contributed by atoms with E-state index < -0.39 is 21.7 Å². The molecule has 0 atom stereocenters. The van der Waals surface area contributed by atoms with Crippen molar-refractivity contribution in [3.8, 4) is 0 Å². The minimum Gasteiger partial charge on any atom is -0.299 e. The van der Waals surface area contributed by atoms with Crippen molar-refractivity contribution in [3.05, 3.63) is 0 Å². The molecule has 0 heterocycles. The molecule has 42 heavy (non-hydrogen) atoms. The van der Waals surface area contributed by atoms with Gasteiger partial charge in [-0.2, -0.15) is 0 Å². The summed E-state index contributed by atoms with van der Waals surface area (Å²) in [6.45, 7) is 8.85. The lowest BCUT2D eigenvalue weighted by molar-refractivity contribution is -0.148. The molecular weight excluding hydrogens is 536 g/mol. The molecule has 2 saturated carbocycles. The zero-order valence-corrected chi connectivity index (χ0v) is 26.6. The summed E-state index contributed by atoms with van der Waals surface area (Å²) < 4.78 is 0. The summed E-state index contributed by atoms with van der Waals surface area (Å²) in [4.78, 5) is 103. The highest BCUT2D eigenvalue weighted by atomic mass is 16.2. The first-order valence-corrected chi connectivity index (χ1v) is 15.7. The predicted octanol–water partition coefficient (Wildman–Crippen LogP) is 5.87. The molecular formula is C34H50O8. The van der Waals surface area contributed by atoms with Gasteiger partial charge in [-0.15, -0.1) is 0 Å². The van der Waals surface area contributed by atoms with Crippen LogP contribution in [0, 0.1) is 21.7 Å². The number of hydrogen-bond acceptors (Lipinski definition) is 8. The lowest BCUT2D eigenvalue weighted by Gasteiger charge is -2.36. The molecule has 2 fully saturated rings. The number of rotatable bonds is 17. The first-order chi connectivity index (χ1) is 19.4. The fourth-order valence-corrected chi connectivity index (χ4v) is 6.39. The molecule has 0 bridgehead atoms. The van der Waals surface area contributed by atoms with Crippen LogP contribution in [0.2, 0.25) is 0 Å². The maximum absolute atomic E-state index is 13.7. The van der Waals surface area contributed by atoms with Gasteiger partial charge in [0, 0.05) is 38.5 Å². The molecule has 0 unspecified atom stereocenters. The van der Waals surface area contributed by atoms with Gasteiger partial charge in [-0.1, -0.05) is 38.5 Å². The van der Waals surface area contributed by atoms with Gasteiger partial charge in [0.2, 0.25) is 0 Å². The topological polar surface area (TPSA) is 137 Å². The first-order valence-electron chi connectivity index (χ1n) is 15.7. The second-order valence-electron chi connectivity index (χ2n) is 13.7. The lowest BCUT2D eigenvalue weighted by atomic mass is 9.64. The monoisotopic (exact) mass is 586 g/mol. The van der Waals surface area contributed by atoms with Crippen LogP contribution in [0.1, 0.15) is 144 Å². The maximum atomic E-state index is 13.7. The number of ketones is 8. The van der Waals surface area contributed by atoms with Gasteiger partial charge in [-0.05, 0) is 67.2 Å². The molecule has 8 heteroatoms. The van der Waals surface area contributed by atoms with E-state index in [1.807, 2.05) is 0 Å². The van der Waals surface area contributed by atoms with Gasteiger partial charge in [0.1, 0.15) is 46.3 Å². The van der Waals surface area contributed by atoms with Crippen LogP contribution < -0.4 is 0 Å². The zero-order chi connectivity index (χ0) is 31.9. The fourth-order valence-electron chi connectivity index (χ4n) is 6.39. The van der Waals surface area contributed by atoms with Crippen LogP contribution in [0.3, 0.4) is 0 Å². The van der Waals surface area contributed by atoms with E-state index in [4.69, 9.17) is 0 Å². The minimum absolute atomic E-state index is 0.115. The third-order valence-corrected chi connectivity index (χ3v) is 10.4. The molecule has 234 valence electrons. The Morgan fingerprint density at radius 1 is 0.429 bits per heavy atom. The summed E-state index contributed by atoms with van der Waals surface area (Å²) in [5.74, 6) is -2.45. The zero-order valence-electron chi connectivity index (χ0n) is 26.6. The van der Waals surface area contributed by atoms with Crippen molar-refractivity contribution in [2.45, 2.75) is 144 Å². The average Bonchev–Trinajstić information content (AvgIpc) is 2.96. The highest BCUT2D eigenvalue weighted by Crippen LogP contribution is 2.43. The third-order valence-electron chi connectivity index (χ3n) is 10.4. The second kappa shape index (κ2) is 14.2. The van der Waals surface area contributed by atoms with Crippen molar-refractivity contribution in [1.82, 2.24) is 0 Å². The molecule has 0 N–H and O–H groups in total. The van der Waals surface area contributed by atoms with E-state index in [1.54, 1.807) is 0 Å². The average molecular weight is 587 g/mol. The van der Waals surface area contributed by atoms with Crippen molar-refractivity contribution in [1.29, 1.82) is 0 Å². The van der Waals surface area contributed by atoms with Crippen LogP contribution in [0.4, 0.5) is 0 Å². The van der Waals surface area contributed by atoms with E-state index in [9.17, 15) is 38.4 Å². The summed E-state index contributed by atoms with van der Waals surface area (Å²) in [6.07, 6.45) is 5.32. The van der Waals surface area contributed by atoms with Gasteiger partial charge in [0.25, 0.3) is 0 Å². The molecule has 0 spiro atoms. The maximum Gasteiger partial charge on any atom is 0.146 e. The fraction of sp³-hybridized carbons (Fsp3) is 0.765. The van der Waals surface area contributed by atoms with Crippen molar-refractivity contribution in [3.63, 3.8) is 0 Å². The van der Waals surface area contributed by atoms with Crippen LogP contribution in [-0.2, 0) is 38.4 Å². The van der Waals surface area contributed by atoms with Gasteiger partial charge < -0.3 is 0 Å². The molecule has 0 aromatic carbocycles. The summed E-state index contributed by atoms with van der Waals surface area (Å²) >= 11 is 0. The molecule has 0 saturated heterocycles. The molecule has 0 aliphatic heterocycles. The second-order valence-corrected chi connectivity index (χ2v) is 13.7. The lowest BCUT2D eigenvalue weighted by Crippen LogP contribution is -2.44. The highest BCUT2D eigenvalue weighted by Gasteiger charge is 2.48. The molecule has 0 amide bonds. The van der Waals surface area contributed by atoms with Crippen LogP contribution in [-0.4, -0.2) is 46.3 Å². The number of hydrogen-bond donors (Lipinski definition) is 0. The van der Waals surface area contributed by atoms with E-state index in [0.717, 1.165) is 12.8 Å². The van der Waals surface area contributed by atoms with E-state index in [1.165, 1.54) is 41.5 Å². The van der Waals surface area contributed by atoms with Gasteiger partial charge in [0.05, 0.1) is 21.7 Å². The Morgan fingerprint density at radius 3 is 0.905 bits per heavy atom. The minimum atomic E-state index is -1.24. The standard InChI is InChI=1S/C34H50O8/c1-23(35)31(3,4)25(37)13-15-27(39)33(19-9-7-10-20-33)29(41)17-18-30(42)34(21-11-8-12-22-34)28(40)16-14-26(38)32(5,6)24(2)36/h7-22H2,1-6H3. The molecule has 2 rings (SSSR count). The molecule has 0 radical (unpaired) electrons. The van der Waals surface area contributed by atoms with Crippen molar-refractivity contribution >= 4 is 46.3 Å². The highest BCUT2D eigenvalue weighted by molar-refractivity contribution is 6.13. The largest absolute Gasteiger partial charge is 0.299 e. The van der Waals surface area contributed by atoms with Gasteiger partial charge in [0.15, 0.2) is 0 Å². The van der Waals surface area contributed by atoms with Crippen molar-refractivity contribution < 1.29 is 38.4 Å². The number of carbonyl (C=O) groups is 8. The quantitative estimate of drug-likeness (QED) is 0.193. The summed E-state index contributed by atoms with van der Waals surface area (Å²) in [5, 5.41) is 0. The van der Waals surface area contributed by atoms with Gasteiger partial charge >= 0.3 is 0 Å². The number of carbonyl (C=O) groups excluding carboxylic acids is 8. The molecule has 0 aromatic heterocycles. The summed E-state index contributed by atoms with van der Waals surface area (Å²) in [7, 11) is 0. The predicted molar refractivity (Wildman–Crippen MR) is 158 cm³/mol. The van der Waals surface area contributed by atoms with Gasteiger partial charge in [-0.3, -0.25) is 38.4 Å². The van der Waals surface area contributed by atoms with Crippen LogP contribution >= 0.6 is 0 Å². The van der Waals surface area contributed by atoms with Crippen LogP contribution in [0.5, 0.6) is 0 Å². The van der Waals surface area contributed by atoms with E-state index >= 15 is 0 Å². The molecule has 8 nitrogen and oxygen atoms in total. The van der Waals surface area contributed by atoms with Crippen molar-refractivity contribution in [2.24, 2.45) is 21.7 Å². The van der Waals surface area contributed by atoms with Gasteiger partial charge in [-0.25, -0.2) is 0 Å². The summed E-state index contributed by atoms with van der Waals surface area (Å²) in [5.41, 5.74) is -4.87. The smallest absolute Gasteiger partial charge is 0.146 e. The Bertz CT molecular complexity index is 1020. The molecule has 0 aromatic rings. The Balaban J connectivity index is 2.15. The normalized spacial score (nSPS) is 18.5. The van der Waals surface area contributed by atoms with E-state index in [0.29, 0.717) is 51.4 Å². The molecule has 2 aliphatic rings. The van der Waals surface area contributed by atoms with Crippen LogP contribution in [0.25, 0.3) is 0 Å². The third kappa shape index (κ3) is 7.65. The van der Waals surface area contributed by atoms with E-state index in [-0.39, 0.29) is 84.8 Å². The SMILES string of the molecule is CC(=O)C(C)(C)C(=O)CCC(=O)C1(C(=O)CCC(=O)C2(C(=O)CCC(=O)C(C)(C)C(C)=O)CCCCC2)CCCCC1. The number of Topliss-reactive ketones (excluding diaryl/α,β-unsaturated/α-hetero) is 8. The Kier molecular flexibility index (Phi) is 12.0. The van der Waals surface area contributed by atoms with Crippen molar-refractivity contribution in [2.75, 3.05) is 0 Å². The Hall–Kier alpha value is -2.64. The van der Waals surface area contributed by atoms with E-state index in [2.05, 4.69) is 0 Å². The Morgan fingerprint density at radius 2 is 0.667 bits per heavy atom. The van der Waals surface area contributed by atoms with Crippen LogP contribution in [0.15, 0.2) is 0 Å². The Labute approximate surface area is 250 Å². The summed E-state index contributed by atoms with van der Waals surface area (Å²) in [6, 6.07) is 0. The first kappa shape index (κ1) is 35.6.